The summed E-state index contributed by atoms with van der Waals surface area (Å²) in [6.07, 6.45) is 2.00. The first-order valence-electron chi connectivity index (χ1n) is 6.73. The number of thiazole rings is 1. The Morgan fingerprint density at radius 2 is 2.20 bits per heavy atom. The van der Waals surface area contributed by atoms with Crippen molar-refractivity contribution in [3.63, 3.8) is 0 Å². The van der Waals surface area contributed by atoms with Gasteiger partial charge in [-0.3, -0.25) is 0 Å². The van der Waals surface area contributed by atoms with E-state index in [0.717, 1.165) is 19.4 Å². The van der Waals surface area contributed by atoms with Gasteiger partial charge in [-0.05, 0) is 20.3 Å². The number of urea groups is 1. The Balaban J connectivity index is 2.61. The molecule has 112 valence electrons. The molecule has 0 radical (unpaired) electrons. The van der Waals surface area contributed by atoms with Gasteiger partial charge in [0, 0.05) is 18.5 Å². The minimum Gasteiger partial charge on any atom is -0.476 e. The normalized spacial score (nSPS) is 11.9. The molecule has 0 spiro atoms. The van der Waals surface area contributed by atoms with Crippen LogP contribution in [0.2, 0.25) is 0 Å². The lowest BCUT2D eigenvalue weighted by molar-refractivity contribution is 0.0691. The molecule has 0 bridgehead atoms. The number of aromatic carboxylic acids is 1. The molecule has 0 fully saturated rings. The Hall–Kier alpha value is -1.63. The summed E-state index contributed by atoms with van der Waals surface area (Å²) < 4.78 is 0. The van der Waals surface area contributed by atoms with Gasteiger partial charge in [-0.25, -0.2) is 14.6 Å². The van der Waals surface area contributed by atoms with Gasteiger partial charge in [0.2, 0.25) is 0 Å². The second kappa shape index (κ2) is 7.84. The van der Waals surface area contributed by atoms with E-state index >= 15 is 0 Å². The molecule has 0 aromatic carbocycles. The quantitative estimate of drug-likeness (QED) is 0.811. The van der Waals surface area contributed by atoms with Crippen LogP contribution in [0.4, 0.5) is 4.79 Å². The number of carboxylic acid groups (broad SMARTS) is 1. The summed E-state index contributed by atoms with van der Waals surface area (Å²) in [5, 5.41) is 13.8. The van der Waals surface area contributed by atoms with Gasteiger partial charge >= 0.3 is 12.0 Å². The van der Waals surface area contributed by atoms with Gasteiger partial charge < -0.3 is 15.3 Å². The molecule has 0 aliphatic rings. The molecule has 6 nitrogen and oxygen atoms in total. The molecule has 1 atom stereocenters. The monoisotopic (exact) mass is 299 g/mol. The molecule has 1 aromatic rings. The Morgan fingerprint density at radius 3 is 2.70 bits per heavy atom. The predicted molar refractivity (Wildman–Crippen MR) is 78.2 cm³/mol. The number of amides is 2. The second-order valence-electron chi connectivity index (χ2n) is 4.48. The highest BCUT2D eigenvalue weighted by molar-refractivity contribution is 7.09. The summed E-state index contributed by atoms with van der Waals surface area (Å²) in [7, 11) is 0. The van der Waals surface area contributed by atoms with Crippen molar-refractivity contribution in [3.8, 4) is 0 Å². The fourth-order valence-electron chi connectivity index (χ4n) is 1.68. The lowest BCUT2D eigenvalue weighted by Gasteiger charge is -2.23. The van der Waals surface area contributed by atoms with Crippen molar-refractivity contribution in [2.75, 3.05) is 13.1 Å². The van der Waals surface area contributed by atoms with Crippen molar-refractivity contribution in [1.82, 2.24) is 15.2 Å². The molecule has 0 saturated carbocycles. The summed E-state index contributed by atoms with van der Waals surface area (Å²) in [6, 6.07) is -0.434. The minimum atomic E-state index is -1.05. The third kappa shape index (κ3) is 4.48. The third-order valence-corrected chi connectivity index (χ3v) is 3.93. The smallest absolute Gasteiger partial charge is 0.355 e. The standard InChI is InChI=1S/C13H21N3O3S/c1-4-6-7-16(5-2)13(19)14-9(3)11-15-10(8-20-11)12(17)18/h8-9H,4-7H2,1-3H3,(H,14,19)(H,17,18). The van der Waals surface area contributed by atoms with Crippen molar-refractivity contribution >= 4 is 23.3 Å². The number of carboxylic acids is 1. The highest BCUT2D eigenvalue weighted by atomic mass is 32.1. The Morgan fingerprint density at radius 1 is 1.50 bits per heavy atom. The number of unbranched alkanes of at least 4 members (excludes halogenated alkanes) is 1. The van der Waals surface area contributed by atoms with Gasteiger partial charge in [0.1, 0.15) is 5.01 Å². The maximum Gasteiger partial charge on any atom is 0.355 e. The van der Waals surface area contributed by atoms with Crippen LogP contribution in [0.3, 0.4) is 0 Å². The number of carbonyl (C=O) groups is 2. The molecule has 7 heteroatoms. The first-order valence-corrected chi connectivity index (χ1v) is 7.61. The molecule has 20 heavy (non-hydrogen) atoms. The second-order valence-corrected chi connectivity index (χ2v) is 5.37. The lowest BCUT2D eigenvalue weighted by atomic mass is 10.3. The van der Waals surface area contributed by atoms with Crippen LogP contribution in [0.25, 0.3) is 0 Å². The number of hydrogen-bond donors (Lipinski definition) is 2. The fraction of sp³-hybridized carbons (Fsp3) is 0.615. The maximum atomic E-state index is 12.1. The van der Waals surface area contributed by atoms with Gasteiger partial charge in [-0.15, -0.1) is 11.3 Å². The van der Waals surface area contributed by atoms with Crippen LogP contribution < -0.4 is 5.32 Å². The highest BCUT2D eigenvalue weighted by Gasteiger charge is 2.18. The van der Waals surface area contributed by atoms with Gasteiger partial charge in [-0.1, -0.05) is 13.3 Å². The van der Waals surface area contributed by atoms with E-state index in [9.17, 15) is 9.59 Å². The fourth-order valence-corrected chi connectivity index (χ4v) is 2.48. The molecule has 1 aromatic heterocycles. The van der Waals surface area contributed by atoms with E-state index in [4.69, 9.17) is 5.11 Å². The summed E-state index contributed by atoms with van der Waals surface area (Å²) in [5.41, 5.74) is 0.0180. The molecular formula is C13H21N3O3S. The molecule has 0 aliphatic heterocycles. The van der Waals surface area contributed by atoms with Crippen molar-refractivity contribution in [2.45, 2.75) is 39.7 Å². The summed E-state index contributed by atoms with van der Waals surface area (Å²) in [5.74, 6) is -1.05. The molecule has 0 saturated heterocycles. The average molecular weight is 299 g/mol. The van der Waals surface area contributed by atoms with Crippen LogP contribution in [0.1, 0.15) is 55.2 Å². The van der Waals surface area contributed by atoms with E-state index in [1.54, 1.807) is 11.8 Å². The lowest BCUT2D eigenvalue weighted by Crippen LogP contribution is -2.41. The number of aromatic nitrogens is 1. The molecule has 0 aliphatic carbocycles. The van der Waals surface area contributed by atoms with Gasteiger partial charge in [-0.2, -0.15) is 0 Å². The number of rotatable bonds is 7. The number of nitrogens with zero attached hydrogens (tertiary/aromatic N) is 2. The van der Waals surface area contributed by atoms with Crippen LogP contribution in [0.5, 0.6) is 0 Å². The summed E-state index contributed by atoms with van der Waals surface area (Å²) in [6.45, 7) is 7.19. The molecule has 1 unspecified atom stereocenters. The largest absolute Gasteiger partial charge is 0.476 e. The number of nitrogens with one attached hydrogen (secondary N) is 1. The third-order valence-electron chi connectivity index (χ3n) is 2.90. The topological polar surface area (TPSA) is 82.5 Å². The van der Waals surface area contributed by atoms with E-state index < -0.39 is 5.97 Å². The van der Waals surface area contributed by atoms with Crippen LogP contribution in [-0.2, 0) is 0 Å². The number of carbonyl (C=O) groups excluding carboxylic acids is 1. The maximum absolute atomic E-state index is 12.1. The predicted octanol–water partition coefficient (Wildman–Crippen LogP) is 2.73. The van der Waals surface area contributed by atoms with E-state index in [1.165, 1.54) is 16.7 Å². The van der Waals surface area contributed by atoms with Crippen molar-refractivity contribution in [3.05, 3.63) is 16.1 Å². The Bertz CT molecular complexity index is 461. The van der Waals surface area contributed by atoms with Gasteiger partial charge in [0.05, 0.1) is 6.04 Å². The van der Waals surface area contributed by atoms with E-state index in [2.05, 4.69) is 17.2 Å². The van der Waals surface area contributed by atoms with Crippen LogP contribution in [0.15, 0.2) is 5.38 Å². The molecule has 2 amide bonds. The zero-order chi connectivity index (χ0) is 15.1. The van der Waals surface area contributed by atoms with Crippen LogP contribution >= 0.6 is 11.3 Å². The zero-order valence-electron chi connectivity index (χ0n) is 12.0. The van der Waals surface area contributed by atoms with Gasteiger partial charge in [0.15, 0.2) is 5.69 Å². The van der Waals surface area contributed by atoms with Crippen LogP contribution in [-0.4, -0.2) is 40.1 Å². The zero-order valence-corrected chi connectivity index (χ0v) is 12.9. The number of hydrogen-bond acceptors (Lipinski definition) is 4. The Kier molecular flexibility index (Phi) is 6.44. The molecule has 1 rings (SSSR count). The van der Waals surface area contributed by atoms with E-state index in [0.29, 0.717) is 11.6 Å². The Labute approximate surface area is 122 Å². The summed E-state index contributed by atoms with van der Waals surface area (Å²) >= 11 is 1.24. The first kappa shape index (κ1) is 16.4. The first-order chi connectivity index (χ1) is 9.49. The van der Waals surface area contributed by atoms with Crippen molar-refractivity contribution in [2.24, 2.45) is 0 Å². The minimum absolute atomic E-state index is 0.0180. The van der Waals surface area contributed by atoms with Crippen molar-refractivity contribution < 1.29 is 14.7 Å². The summed E-state index contributed by atoms with van der Waals surface area (Å²) in [4.78, 5) is 28.6. The molecule has 1 heterocycles. The highest BCUT2D eigenvalue weighted by Crippen LogP contribution is 2.18. The van der Waals surface area contributed by atoms with E-state index in [1.807, 2.05) is 6.92 Å². The van der Waals surface area contributed by atoms with Gasteiger partial charge in [0.25, 0.3) is 0 Å². The SMILES string of the molecule is CCCCN(CC)C(=O)NC(C)c1nc(C(=O)O)cs1. The van der Waals surface area contributed by atoms with E-state index in [-0.39, 0.29) is 17.8 Å². The van der Waals surface area contributed by atoms with Crippen LogP contribution in [0, 0.1) is 0 Å². The van der Waals surface area contributed by atoms with Crippen molar-refractivity contribution in [1.29, 1.82) is 0 Å². The molecular weight excluding hydrogens is 278 g/mol. The molecule has 2 N–H and O–H groups in total. The average Bonchev–Trinajstić information content (AvgIpc) is 2.89.